The highest BCUT2D eigenvalue weighted by Gasteiger charge is 2.26. The number of carbonyl (C=O) groups excluding carboxylic acids is 2. The highest BCUT2D eigenvalue weighted by atomic mass is 35.5. The van der Waals surface area contributed by atoms with E-state index in [1.165, 1.54) is 4.31 Å². The molecule has 0 spiro atoms. The Morgan fingerprint density at radius 1 is 0.971 bits per heavy atom. The second-order valence-electron chi connectivity index (χ2n) is 9.05. The number of halogens is 1. The third kappa shape index (κ3) is 9.53. The first-order chi connectivity index (χ1) is 16.5. The number of anilines is 1. The molecule has 0 unspecified atom stereocenters. The first kappa shape index (κ1) is 28.7. The molecule has 0 saturated heterocycles. The van der Waals surface area contributed by atoms with Gasteiger partial charge in [0, 0.05) is 31.1 Å². The van der Waals surface area contributed by atoms with Crippen molar-refractivity contribution in [3.63, 3.8) is 0 Å². The zero-order valence-corrected chi connectivity index (χ0v) is 22.5. The van der Waals surface area contributed by atoms with Crippen LogP contribution < -0.4 is 9.62 Å². The number of nitrogens with one attached hydrogen (secondary N) is 1. The van der Waals surface area contributed by atoms with Crippen molar-refractivity contribution in [2.24, 2.45) is 5.92 Å². The van der Waals surface area contributed by atoms with E-state index in [-0.39, 0.29) is 24.8 Å². The van der Waals surface area contributed by atoms with Gasteiger partial charge >= 0.3 is 0 Å². The fourth-order valence-electron chi connectivity index (χ4n) is 3.63. The molecule has 192 valence electrons. The Kier molecular flexibility index (Phi) is 11.0. The number of amides is 2. The second-order valence-corrected chi connectivity index (χ2v) is 11.4. The molecule has 0 aliphatic rings. The van der Waals surface area contributed by atoms with Crippen molar-refractivity contribution in [2.45, 2.75) is 46.1 Å². The van der Waals surface area contributed by atoms with E-state index in [9.17, 15) is 18.0 Å². The minimum Gasteiger partial charge on any atom is -0.354 e. The quantitative estimate of drug-likeness (QED) is 0.429. The Labute approximate surface area is 214 Å². The second kappa shape index (κ2) is 13.5. The summed E-state index contributed by atoms with van der Waals surface area (Å²) >= 11 is 5.93. The maximum absolute atomic E-state index is 13.2. The van der Waals surface area contributed by atoms with Gasteiger partial charge in [-0.1, -0.05) is 55.8 Å². The molecule has 0 aliphatic carbocycles. The third-order valence-electron chi connectivity index (χ3n) is 5.60. The van der Waals surface area contributed by atoms with Gasteiger partial charge in [-0.3, -0.25) is 13.9 Å². The first-order valence-electron chi connectivity index (χ1n) is 11.8. The predicted octanol–water partition coefficient (Wildman–Crippen LogP) is 4.12. The number of hydrogen-bond acceptors (Lipinski definition) is 4. The van der Waals surface area contributed by atoms with Gasteiger partial charge in [-0.2, -0.15) is 0 Å². The molecule has 0 radical (unpaired) electrons. The molecule has 0 aliphatic heterocycles. The molecule has 0 saturated carbocycles. The lowest BCUT2D eigenvalue weighted by Crippen LogP contribution is -2.49. The van der Waals surface area contributed by atoms with Gasteiger partial charge in [0.15, 0.2) is 0 Å². The average molecular weight is 522 g/mol. The summed E-state index contributed by atoms with van der Waals surface area (Å²) in [6, 6.07) is 15.7. The van der Waals surface area contributed by atoms with Crippen molar-refractivity contribution in [2.75, 3.05) is 30.2 Å². The van der Waals surface area contributed by atoms with Gasteiger partial charge in [-0.15, -0.1) is 0 Å². The van der Waals surface area contributed by atoms with Crippen molar-refractivity contribution < 1.29 is 18.0 Å². The summed E-state index contributed by atoms with van der Waals surface area (Å²) < 4.78 is 26.0. The number of carbonyl (C=O) groups is 2. The van der Waals surface area contributed by atoms with Crippen molar-refractivity contribution in [1.29, 1.82) is 0 Å². The summed E-state index contributed by atoms with van der Waals surface area (Å²) in [5.41, 5.74) is 1.57. The summed E-state index contributed by atoms with van der Waals surface area (Å²) in [7, 11) is -3.54. The van der Waals surface area contributed by atoms with Crippen LogP contribution in [0.2, 0.25) is 5.02 Å². The Bertz CT molecular complexity index is 1060. The third-order valence-corrected chi connectivity index (χ3v) is 7.05. The Morgan fingerprint density at radius 2 is 1.60 bits per heavy atom. The first-order valence-corrected chi connectivity index (χ1v) is 14.1. The molecule has 9 heteroatoms. The highest BCUT2D eigenvalue weighted by Crippen LogP contribution is 2.21. The largest absolute Gasteiger partial charge is 0.354 e. The van der Waals surface area contributed by atoms with Crippen LogP contribution in [-0.2, 0) is 26.0 Å². The van der Waals surface area contributed by atoms with Gasteiger partial charge in [0.25, 0.3) is 0 Å². The van der Waals surface area contributed by atoms with E-state index >= 15 is 0 Å². The lowest BCUT2D eigenvalue weighted by atomic mass is 10.1. The summed E-state index contributed by atoms with van der Waals surface area (Å²) in [6.07, 6.45) is 2.19. The molecule has 0 bridgehead atoms. The van der Waals surface area contributed by atoms with E-state index in [4.69, 9.17) is 11.6 Å². The monoisotopic (exact) mass is 521 g/mol. The Hall–Kier alpha value is -2.58. The number of rotatable bonds is 13. The summed E-state index contributed by atoms with van der Waals surface area (Å²) in [5.74, 6) is -0.0776. The van der Waals surface area contributed by atoms with Gasteiger partial charge in [-0.05, 0) is 55.5 Å². The van der Waals surface area contributed by atoms with Crippen LogP contribution in [0, 0.1) is 5.92 Å². The highest BCUT2D eigenvalue weighted by molar-refractivity contribution is 7.92. The number of hydrogen-bond donors (Lipinski definition) is 1. The van der Waals surface area contributed by atoms with E-state index in [1.807, 2.05) is 44.2 Å². The van der Waals surface area contributed by atoms with Gasteiger partial charge in [0.1, 0.15) is 6.04 Å². The number of sulfonamides is 1. The van der Waals surface area contributed by atoms with Crippen LogP contribution in [0.4, 0.5) is 5.69 Å². The van der Waals surface area contributed by atoms with Crippen molar-refractivity contribution in [3.05, 3.63) is 65.2 Å². The van der Waals surface area contributed by atoms with Crippen LogP contribution in [0.25, 0.3) is 0 Å². The molecule has 2 aromatic carbocycles. The molecule has 0 heterocycles. The molecular formula is C26H36ClN3O4S. The minimum atomic E-state index is -3.54. The number of benzene rings is 2. The molecule has 2 amide bonds. The average Bonchev–Trinajstić information content (AvgIpc) is 2.81. The normalized spacial score (nSPS) is 12.3. The fraction of sp³-hybridized carbons (Fsp3) is 0.462. The van der Waals surface area contributed by atoms with Crippen LogP contribution in [-0.4, -0.2) is 57.1 Å². The minimum absolute atomic E-state index is 0.121. The smallest absolute Gasteiger partial charge is 0.242 e. The van der Waals surface area contributed by atoms with Crippen LogP contribution in [0.5, 0.6) is 0 Å². The molecule has 0 fully saturated rings. The van der Waals surface area contributed by atoms with E-state index in [0.29, 0.717) is 42.6 Å². The zero-order chi connectivity index (χ0) is 26.0. The topological polar surface area (TPSA) is 86.8 Å². The molecular weight excluding hydrogens is 486 g/mol. The standard InChI is InChI=1S/C26H36ClN3O4S/c1-20(2)19-28-26(32)21(3)29(18-16-22-9-6-5-7-10-22)25(31)11-8-17-30(35(4,33)34)24-14-12-23(27)13-15-24/h5-7,9-10,12-15,20-21H,8,11,16-19H2,1-4H3,(H,28,32)/t21-/m0/s1. The number of nitrogens with zero attached hydrogens (tertiary/aromatic N) is 2. The summed E-state index contributed by atoms with van der Waals surface area (Å²) in [5, 5.41) is 3.41. The van der Waals surface area contributed by atoms with Crippen molar-refractivity contribution >= 4 is 39.1 Å². The molecule has 35 heavy (non-hydrogen) atoms. The maximum Gasteiger partial charge on any atom is 0.242 e. The van der Waals surface area contributed by atoms with Crippen molar-refractivity contribution in [3.8, 4) is 0 Å². The SMILES string of the molecule is CC(C)CNC(=O)[C@H](C)N(CCc1ccccc1)C(=O)CCCN(c1ccc(Cl)cc1)S(C)(=O)=O. The van der Waals surface area contributed by atoms with E-state index < -0.39 is 16.1 Å². The Balaban J connectivity index is 2.09. The van der Waals surface area contributed by atoms with Crippen LogP contribution in [0.3, 0.4) is 0 Å². The molecule has 2 aromatic rings. The van der Waals surface area contributed by atoms with Crippen LogP contribution in [0.1, 0.15) is 39.2 Å². The molecule has 7 nitrogen and oxygen atoms in total. The molecule has 2 rings (SSSR count). The van der Waals surface area contributed by atoms with Gasteiger partial charge < -0.3 is 10.2 Å². The van der Waals surface area contributed by atoms with Crippen molar-refractivity contribution in [1.82, 2.24) is 10.2 Å². The maximum atomic E-state index is 13.2. The molecule has 1 atom stereocenters. The predicted molar refractivity (Wildman–Crippen MR) is 142 cm³/mol. The molecule has 1 N–H and O–H groups in total. The van der Waals surface area contributed by atoms with E-state index in [1.54, 1.807) is 36.1 Å². The lowest BCUT2D eigenvalue weighted by molar-refractivity contribution is -0.140. The van der Waals surface area contributed by atoms with E-state index in [0.717, 1.165) is 11.8 Å². The van der Waals surface area contributed by atoms with Crippen LogP contribution >= 0.6 is 11.6 Å². The summed E-state index contributed by atoms with van der Waals surface area (Å²) in [6.45, 7) is 6.83. The lowest BCUT2D eigenvalue weighted by Gasteiger charge is -2.29. The molecule has 0 aromatic heterocycles. The fourth-order valence-corrected chi connectivity index (χ4v) is 4.73. The van der Waals surface area contributed by atoms with Gasteiger partial charge in [0.05, 0.1) is 11.9 Å². The summed E-state index contributed by atoms with van der Waals surface area (Å²) in [4.78, 5) is 27.5. The van der Waals surface area contributed by atoms with Gasteiger partial charge in [-0.25, -0.2) is 8.42 Å². The van der Waals surface area contributed by atoms with Crippen LogP contribution in [0.15, 0.2) is 54.6 Å². The van der Waals surface area contributed by atoms with E-state index in [2.05, 4.69) is 5.32 Å². The zero-order valence-electron chi connectivity index (χ0n) is 20.9. The van der Waals surface area contributed by atoms with Gasteiger partial charge in [0.2, 0.25) is 21.8 Å². The Morgan fingerprint density at radius 3 is 2.17 bits per heavy atom.